The van der Waals surface area contributed by atoms with E-state index >= 15 is 0 Å². The number of hydrogen-bond donors (Lipinski definition) is 2. The van der Waals surface area contributed by atoms with Crippen LogP contribution in [0, 0.1) is 0 Å². The van der Waals surface area contributed by atoms with Gasteiger partial charge in [0.15, 0.2) is 0 Å². The lowest BCUT2D eigenvalue weighted by Crippen LogP contribution is -2.41. The highest BCUT2D eigenvalue weighted by Crippen LogP contribution is 2.31. The number of likely N-dealkylation sites (tertiary alicyclic amines) is 1. The van der Waals surface area contributed by atoms with E-state index in [2.05, 4.69) is 35.6 Å². The Morgan fingerprint density at radius 1 is 1.28 bits per heavy atom. The van der Waals surface area contributed by atoms with E-state index in [-0.39, 0.29) is 12.1 Å². The minimum atomic E-state index is -0.273. The lowest BCUT2D eigenvalue weighted by molar-refractivity contribution is 0.142. The second kappa shape index (κ2) is 6.67. The summed E-state index contributed by atoms with van der Waals surface area (Å²) in [5, 5.41) is 13.2. The lowest BCUT2D eigenvalue weighted by atomic mass is 10.0. The Bertz CT molecular complexity index is 832. The van der Waals surface area contributed by atoms with Crippen molar-refractivity contribution in [2.45, 2.75) is 25.3 Å². The largest absolute Gasteiger partial charge is 0.337 e. The van der Waals surface area contributed by atoms with Gasteiger partial charge >= 0.3 is 6.03 Å². The lowest BCUT2D eigenvalue weighted by Gasteiger charge is -2.33. The summed E-state index contributed by atoms with van der Waals surface area (Å²) in [6.45, 7) is 0.619. The number of piperidine rings is 1. The molecule has 1 saturated heterocycles. The van der Waals surface area contributed by atoms with Crippen molar-refractivity contribution in [3.63, 3.8) is 0 Å². The van der Waals surface area contributed by atoms with Crippen molar-refractivity contribution in [3.8, 4) is 11.6 Å². The van der Waals surface area contributed by atoms with Crippen molar-refractivity contribution in [3.05, 3.63) is 36.7 Å². The van der Waals surface area contributed by atoms with Gasteiger partial charge in [-0.1, -0.05) is 5.16 Å². The first-order valence-electron chi connectivity index (χ1n) is 7.98. The molecule has 1 aliphatic heterocycles. The maximum Gasteiger partial charge on any atom is 0.322 e. The molecular formula is C15H16N8O2. The van der Waals surface area contributed by atoms with Gasteiger partial charge in [0.2, 0.25) is 17.5 Å². The van der Waals surface area contributed by atoms with Gasteiger partial charge in [0, 0.05) is 25.1 Å². The van der Waals surface area contributed by atoms with Crippen LogP contribution in [0.15, 0.2) is 35.4 Å². The highest BCUT2D eigenvalue weighted by atomic mass is 16.5. The van der Waals surface area contributed by atoms with Gasteiger partial charge in [0.1, 0.15) is 6.04 Å². The number of H-pyrrole nitrogens is 1. The van der Waals surface area contributed by atoms with Crippen LogP contribution in [0.25, 0.3) is 11.6 Å². The van der Waals surface area contributed by atoms with Crippen LogP contribution in [-0.2, 0) is 0 Å². The fourth-order valence-corrected chi connectivity index (χ4v) is 2.82. The van der Waals surface area contributed by atoms with E-state index < -0.39 is 0 Å². The predicted octanol–water partition coefficient (Wildman–Crippen LogP) is 2.01. The highest BCUT2D eigenvalue weighted by Gasteiger charge is 2.32. The van der Waals surface area contributed by atoms with E-state index in [1.54, 1.807) is 35.8 Å². The van der Waals surface area contributed by atoms with Crippen LogP contribution in [-0.4, -0.2) is 47.8 Å². The summed E-state index contributed by atoms with van der Waals surface area (Å²) in [6, 6.07) is 1.22. The maximum atomic E-state index is 12.6. The number of aromatic amines is 1. The van der Waals surface area contributed by atoms with Crippen molar-refractivity contribution in [1.29, 1.82) is 0 Å². The molecular weight excluding hydrogens is 324 g/mol. The number of aromatic nitrogens is 6. The molecule has 0 radical (unpaired) electrons. The smallest absolute Gasteiger partial charge is 0.322 e. The van der Waals surface area contributed by atoms with Crippen LogP contribution in [0.3, 0.4) is 0 Å². The first-order valence-corrected chi connectivity index (χ1v) is 7.98. The SMILES string of the molecule is O=C(Nc1cn[nH]c1)N1CCCCC1c1nc(-c2ncccn2)no1. The normalized spacial score (nSPS) is 17.4. The van der Waals surface area contributed by atoms with Gasteiger partial charge in [-0.15, -0.1) is 0 Å². The molecule has 3 aromatic rings. The van der Waals surface area contributed by atoms with E-state index in [1.807, 2.05) is 0 Å². The minimum absolute atomic E-state index is 0.221. The summed E-state index contributed by atoms with van der Waals surface area (Å²) >= 11 is 0. The van der Waals surface area contributed by atoms with Crippen LogP contribution < -0.4 is 5.32 Å². The van der Waals surface area contributed by atoms with Gasteiger partial charge in [-0.3, -0.25) is 5.10 Å². The zero-order valence-corrected chi connectivity index (χ0v) is 13.3. The molecule has 0 spiro atoms. The number of amides is 2. The Labute approximate surface area is 142 Å². The van der Waals surface area contributed by atoms with Gasteiger partial charge in [0.05, 0.1) is 11.9 Å². The second-order valence-electron chi connectivity index (χ2n) is 5.65. The summed E-state index contributed by atoms with van der Waals surface area (Å²) in [7, 11) is 0. The first-order chi connectivity index (χ1) is 12.3. The molecule has 0 aromatic carbocycles. The molecule has 0 aliphatic carbocycles. The number of nitrogens with one attached hydrogen (secondary N) is 2. The molecule has 1 unspecified atom stereocenters. The van der Waals surface area contributed by atoms with Gasteiger partial charge < -0.3 is 14.7 Å². The number of hydrogen-bond acceptors (Lipinski definition) is 7. The Morgan fingerprint density at radius 2 is 2.16 bits per heavy atom. The Hall–Kier alpha value is -3.30. The van der Waals surface area contributed by atoms with E-state index in [1.165, 1.54) is 0 Å². The Kier molecular flexibility index (Phi) is 4.07. The van der Waals surface area contributed by atoms with E-state index in [4.69, 9.17) is 4.52 Å². The second-order valence-corrected chi connectivity index (χ2v) is 5.65. The molecule has 2 amide bonds. The molecule has 3 aromatic heterocycles. The van der Waals surface area contributed by atoms with Crippen LogP contribution in [0.4, 0.5) is 10.5 Å². The molecule has 0 bridgehead atoms. The van der Waals surface area contributed by atoms with E-state index in [9.17, 15) is 4.79 Å². The summed E-state index contributed by atoms with van der Waals surface area (Å²) in [4.78, 5) is 26.9. The molecule has 4 rings (SSSR count). The Balaban J connectivity index is 1.55. The molecule has 0 saturated carbocycles. The molecule has 1 fully saturated rings. The van der Waals surface area contributed by atoms with Crippen molar-refractivity contribution >= 4 is 11.7 Å². The molecule has 1 atom stereocenters. The summed E-state index contributed by atoms with van der Waals surface area (Å²) in [5.41, 5.74) is 0.609. The van der Waals surface area contributed by atoms with Gasteiger partial charge in [-0.2, -0.15) is 10.1 Å². The van der Waals surface area contributed by atoms with Crippen LogP contribution in [0.1, 0.15) is 31.2 Å². The van der Waals surface area contributed by atoms with Gasteiger partial charge in [0.25, 0.3) is 0 Å². The minimum Gasteiger partial charge on any atom is -0.337 e. The highest BCUT2D eigenvalue weighted by molar-refractivity contribution is 5.89. The number of carbonyl (C=O) groups is 1. The third-order valence-corrected chi connectivity index (χ3v) is 4.01. The van der Waals surface area contributed by atoms with Gasteiger partial charge in [-0.25, -0.2) is 14.8 Å². The van der Waals surface area contributed by atoms with Crippen LogP contribution >= 0.6 is 0 Å². The molecule has 10 nitrogen and oxygen atoms in total. The summed E-state index contributed by atoms with van der Waals surface area (Å²) in [5.74, 6) is 1.10. The van der Waals surface area contributed by atoms with Crippen molar-refractivity contribution in [2.75, 3.05) is 11.9 Å². The average Bonchev–Trinajstić information content (AvgIpc) is 3.34. The molecule has 10 heteroatoms. The monoisotopic (exact) mass is 340 g/mol. The molecule has 4 heterocycles. The third-order valence-electron chi connectivity index (χ3n) is 4.01. The first kappa shape index (κ1) is 15.2. The third kappa shape index (κ3) is 3.18. The quantitative estimate of drug-likeness (QED) is 0.747. The fourth-order valence-electron chi connectivity index (χ4n) is 2.82. The Morgan fingerprint density at radius 3 is 2.96 bits per heavy atom. The number of carbonyl (C=O) groups excluding carboxylic acids is 1. The fraction of sp³-hybridized carbons (Fsp3) is 0.333. The zero-order chi connectivity index (χ0) is 17.1. The predicted molar refractivity (Wildman–Crippen MR) is 86.2 cm³/mol. The molecule has 128 valence electrons. The summed E-state index contributed by atoms with van der Waals surface area (Å²) in [6.07, 6.45) is 9.07. The molecule has 2 N–H and O–H groups in total. The van der Waals surface area contributed by atoms with Crippen molar-refractivity contribution in [2.24, 2.45) is 0 Å². The molecule has 25 heavy (non-hydrogen) atoms. The average molecular weight is 340 g/mol. The van der Waals surface area contributed by atoms with Gasteiger partial charge in [-0.05, 0) is 25.3 Å². The van der Waals surface area contributed by atoms with E-state index in [0.717, 1.165) is 19.3 Å². The molecule has 1 aliphatic rings. The zero-order valence-electron chi connectivity index (χ0n) is 13.3. The van der Waals surface area contributed by atoms with Crippen LogP contribution in [0.2, 0.25) is 0 Å². The van der Waals surface area contributed by atoms with Crippen molar-refractivity contribution < 1.29 is 9.32 Å². The number of anilines is 1. The maximum absolute atomic E-state index is 12.6. The number of nitrogens with zero attached hydrogens (tertiary/aromatic N) is 6. The topological polar surface area (TPSA) is 126 Å². The standard InChI is InChI=1S/C15H16N8O2/c24-15(20-10-8-18-19-9-10)23-7-2-1-4-11(23)14-21-13(22-25-14)12-16-5-3-6-17-12/h3,5-6,8-9,11H,1-2,4,7H2,(H,18,19)(H,20,24). The number of urea groups is 1. The van der Waals surface area contributed by atoms with E-state index in [0.29, 0.717) is 29.8 Å². The van der Waals surface area contributed by atoms with Crippen molar-refractivity contribution in [1.82, 2.24) is 35.2 Å². The number of rotatable bonds is 3. The van der Waals surface area contributed by atoms with Crippen LogP contribution in [0.5, 0.6) is 0 Å². The summed E-state index contributed by atoms with van der Waals surface area (Å²) < 4.78 is 5.39.